The second-order valence-electron chi connectivity index (χ2n) is 6.48. The lowest BCUT2D eigenvalue weighted by molar-refractivity contribution is 0.399. The minimum absolute atomic E-state index is 0.327. The van der Waals surface area contributed by atoms with Crippen LogP contribution in [-0.4, -0.2) is 33.3 Å². The lowest BCUT2D eigenvalue weighted by Crippen LogP contribution is -2.46. The topological polar surface area (TPSA) is 105 Å². The van der Waals surface area contributed by atoms with Crippen LogP contribution in [0.3, 0.4) is 0 Å². The number of methoxy groups -OCH3 is 1. The molecule has 0 saturated carbocycles. The van der Waals surface area contributed by atoms with E-state index in [9.17, 15) is 0 Å². The molecule has 0 fully saturated rings. The van der Waals surface area contributed by atoms with Crippen molar-refractivity contribution < 1.29 is 4.74 Å². The van der Waals surface area contributed by atoms with Gasteiger partial charge in [-0.15, -0.1) is 10.6 Å². The van der Waals surface area contributed by atoms with Crippen LogP contribution in [0.4, 0.5) is 0 Å². The number of rotatable bonds is 3. The van der Waals surface area contributed by atoms with Crippen molar-refractivity contribution in [3.8, 4) is 5.75 Å². The van der Waals surface area contributed by atoms with Crippen LogP contribution in [0.25, 0.3) is 22.4 Å². The number of hydrogen-bond donors (Lipinski definition) is 3. The van der Waals surface area contributed by atoms with Gasteiger partial charge < -0.3 is 15.0 Å². The average molecular weight is 374 g/mol. The van der Waals surface area contributed by atoms with E-state index in [0.29, 0.717) is 11.7 Å². The number of amidine groups is 2. The Morgan fingerprint density at radius 1 is 1.07 bits per heavy atom. The van der Waals surface area contributed by atoms with Gasteiger partial charge in [-0.3, -0.25) is 0 Å². The molecule has 0 spiro atoms. The molecule has 0 bridgehead atoms. The predicted octanol–water partition coefficient (Wildman–Crippen LogP) is 1.42. The number of nitrogens with one attached hydrogen (secondary N) is 2. The number of benzene rings is 2. The standard InChI is InChI=1S/C19H18N8O/c1-26-10-21-14-8-5-12(9-15(14)26)17-16(11-3-6-13(28-2)7-4-11)22-18(20)19-23-24-25-27(17)19/h3-10,24-25H,1-2H3,(H2,20,22). The summed E-state index contributed by atoms with van der Waals surface area (Å²) >= 11 is 0. The summed E-state index contributed by atoms with van der Waals surface area (Å²) in [5.74, 6) is 1.63. The summed E-state index contributed by atoms with van der Waals surface area (Å²) in [5, 5.41) is 6.00. The number of aromatic nitrogens is 2. The van der Waals surface area contributed by atoms with E-state index in [-0.39, 0.29) is 0 Å². The van der Waals surface area contributed by atoms with Gasteiger partial charge in [0, 0.05) is 18.2 Å². The lowest BCUT2D eigenvalue weighted by Gasteiger charge is -2.28. The largest absolute Gasteiger partial charge is 0.497 e. The van der Waals surface area contributed by atoms with Gasteiger partial charge in [0.1, 0.15) is 5.75 Å². The Bertz CT molecular complexity index is 1170. The van der Waals surface area contributed by atoms with E-state index in [1.807, 2.05) is 48.0 Å². The number of aliphatic imine (C=N–C) groups is 1. The maximum absolute atomic E-state index is 6.17. The molecule has 9 nitrogen and oxygen atoms in total. The van der Waals surface area contributed by atoms with Gasteiger partial charge >= 0.3 is 0 Å². The third-order valence-electron chi connectivity index (χ3n) is 4.81. The Kier molecular flexibility index (Phi) is 3.56. The maximum atomic E-state index is 6.17. The molecule has 2 aliphatic rings. The van der Waals surface area contributed by atoms with E-state index >= 15 is 0 Å². The van der Waals surface area contributed by atoms with Crippen LogP contribution < -0.4 is 21.5 Å². The number of nitrogens with two attached hydrogens (primary N) is 1. The highest BCUT2D eigenvalue weighted by molar-refractivity contribution is 6.43. The molecule has 4 N–H and O–H groups in total. The molecule has 9 heteroatoms. The fourth-order valence-corrected chi connectivity index (χ4v) is 3.38. The van der Waals surface area contributed by atoms with Crippen LogP contribution in [0.5, 0.6) is 5.75 Å². The highest BCUT2D eigenvalue weighted by Gasteiger charge is 2.32. The Morgan fingerprint density at radius 2 is 1.86 bits per heavy atom. The van der Waals surface area contributed by atoms with E-state index in [1.54, 1.807) is 18.4 Å². The number of hydrazine groups is 2. The second kappa shape index (κ2) is 6.10. The molecule has 0 unspecified atom stereocenters. The van der Waals surface area contributed by atoms with Crippen LogP contribution in [-0.2, 0) is 7.05 Å². The Labute approximate surface area is 160 Å². The van der Waals surface area contributed by atoms with E-state index in [2.05, 4.69) is 32.2 Å². The fourth-order valence-electron chi connectivity index (χ4n) is 3.38. The van der Waals surface area contributed by atoms with Crippen molar-refractivity contribution >= 4 is 34.1 Å². The van der Waals surface area contributed by atoms with Gasteiger partial charge in [0.25, 0.3) is 0 Å². The molecule has 3 aromatic rings. The van der Waals surface area contributed by atoms with Crippen molar-refractivity contribution in [2.24, 2.45) is 22.9 Å². The van der Waals surface area contributed by atoms with Gasteiger partial charge in [-0.2, -0.15) is 0 Å². The van der Waals surface area contributed by atoms with Gasteiger partial charge in [-0.1, -0.05) is 6.07 Å². The third kappa shape index (κ3) is 2.41. The van der Waals surface area contributed by atoms with Gasteiger partial charge in [-0.05, 0) is 36.4 Å². The molecule has 2 aliphatic heterocycles. The smallest absolute Gasteiger partial charge is 0.213 e. The van der Waals surface area contributed by atoms with Crippen molar-refractivity contribution in [2.75, 3.05) is 7.11 Å². The molecule has 0 saturated heterocycles. The first-order chi connectivity index (χ1) is 13.7. The van der Waals surface area contributed by atoms with Gasteiger partial charge in [0.2, 0.25) is 5.84 Å². The first-order valence-corrected chi connectivity index (χ1v) is 8.69. The van der Waals surface area contributed by atoms with Crippen LogP contribution in [0.1, 0.15) is 11.1 Å². The summed E-state index contributed by atoms with van der Waals surface area (Å²) in [7, 11) is 3.61. The molecule has 2 aromatic carbocycles. The zero-order valence-corrected chi connectivity index (χ0v) is 15.3. The summed E-state index contributed by atoms with van der Waals surface area (Å²) < 4.78 is 7.26. The van der Waals surface area contributed by atoms with E-state index in [0.717, 1.165) is 39.3 Å². The minimum Gasteiger partial charge on any atom is -0.497 e. The van der Waals surface area contributed by atoms with Gasteiger partial charge in [-0.25, -0.2) is 20.5 Å². The molecule has 0 amide bonds. The number of imidazole rings is 1. The molecule has 0 atom stereocenters. The van der Waals surface area contributed by atoms with Crippen molar-refractivity contribution in [1.29, 1.82) is 0 Å². The normalized spacial score (nSPS) is 16.0. The summed E-state index contributed by atoms with van der Waals surface area (Å²) in [6.45, 7) is 0. The molecule has 0 aliphatic carbocycles. The molecule has 5 rings (SSSR count). The monoisotopic (exact) mass is 374 g/mol. The number of aryl methyl sites for hydroxylation is 1. The highest BCUT2D eigenvalue weighted by Crippen LogP contribution is 2.35. The van der Waals surface area contributed by atoms with Crippen molar-refractivity contribution in [2.45, 2.75) is 0 Å². The van der Waals surface area contributed by atoms with E-state index in [1.165, 1.54) is 0 Å². The summed E-state index contributed by atoms with van der Waals surface area (Å²) in [6, 6.07) is 13.8. The number of nitrogens with zero attached hydrogens (tertiary/aromatic N) is 5. The molecular formula is C19H18N8O. The molecule has 1 aromatic heterocycles. The van der Waals surface area contributed by atoms with Crippen molar-refractivity contribution in [3.05, 3.63) is 59.9 Å². The molecule has 0 radical (unpaired) electrons. The van der Waals surface area contributed by atoms with Crippen LogP contribution in [0, 0.1) is 0 Å². The number of hydrazone groups is 1. The Hall–Kier alpha value is -3.85. The predicted molar refractivity (Wildman–Crippen MR) is 108 cm³/mol. The zero-order valence-electron chi connectivity index (χ0n) is 15.3. The first kappa shape index (κ1) is 16.3. The van der Waals surface area contributed by atoms with Crippen molar-refractivity contribution in [1.82, 2.24) is 25.6 Å². The number of ether oxygens (including phenoxy) is 1. The summed E-state index contributed by atoms with van der Waals surface area (Å²) in [5.41, 5.74) is 17.4. The fraction of sp³-hybridized carbons (Fsp3) is 0.105. The Morgan fingerprint density at radius 3 is 2.64 bits per heavy atom. The van der Waals surface area contributed by atoms with E-state index < -0.39 is 0 Å². The van der Waals surface area contributed by atoms with E-state index in [4.69, 9.17) is 10.5 Å². The third-order valence-corrected chi connectivity index (χ3v) is 4.81. The molecule has 140 valence electrons. The van der Waals surface area contributed by atoms with Crippen LogP contribution in [0.2, 0.25) is 0 Å². The average Bonchev–Trinajstić information content (AvgIpc) is 3.35. The van der Waals surface area contributed by atoms with Crippen LogP contribution in [0.15, 0.2) is 58.9 Å². The minimum atomic E-state index is 0.327. The number of fused-ring (bicyclic) bond motifs is 2. The molecule has 3 heterocycles. The molecule has 28 heavy (non-hydrogen) atoms. The zero-order chi connectivity index (χ0) is 19.3. The van der Waals surface area contributed by atoms with Gasteiger partial charge in [0.15, 0.2) is 5.84 Å². The molecular weight excluding hydrogens is 356 g/mol. The first-order valence-electron chi connectivity index (χ1n) is 8.69. The second-order valence-corrected chi connectivity index (χ2v) is 6.48. The van der Waals surface area contributed by atoms with Crippen molar-refractivity contribution in [3.63, 3.8) is 0 Å². The lowest BCUT2D eigenvalue weighted by atomic mass is 10.0. The summed E-state index contributed by atoms with van der Waals surface area (Å²) in [4.78, 5) is 9.06. The summed E-state index contributed by atoms with van der Waals surface area (Å²) in [6.07, 6.45) is 1.80. The number of hydrogen-bond acceptors (Lipinski definition) is 8. The quantitative estimate of drug-likeness (QED) is 0.640. The highest BCUT2D eigenvalue weighted by atomic mass is 16.5. The Balaban J connectivity index is 1.75. The van der Waals surface area contributed by atoms with Gasteiger partial charge in [0.05, 0.1) is 35.9 Å². The maximum Gasteiger partial charge on any atom is 0.213 e. The SMILES string of the molecule is COc1ccc(C2=C(c3ccc4ncn(C)c4c3)N3NNN=C3C(N)=N2)cc1. The van der Waals surface area contributed by atoms with Crippen LogP contribution >= 0.6 is 0 Å².